The molecule has 1 fully saturated rings. The van der Waals surface area contributed by atoms with E-state index in [4.69, 9.17) is 0 Å². The Morgan fingerprint density at radius 2 is 2.00 bits per heavy atom. The van der Waals surface area contributed by atoms with Gasteiger partial charge >= 0.3 is 11.5 Å². The topological polar surface area (TPSA) is 77.9 Å². The number of pyridine rings is 2. The number of nitrogens with one attached hydrogen (secondary N) is 2. The van der Waals surface area contributed by atoms with Gasteiger partial charge < -0.3 is 4.90 Å². The second-order valence-corrected chi connectivity index (χ2v) is 5.43. The number of aromatic amines is 1. The summed E-state index contributed by atoms with van der Waals surface area (Å²) in [5.74, 6) is 0.607. The third-order valence-electron chi connectivity index (χ3n) is 4.00. The molecule has 2 N–H and O–H groups in total. The number of aromatic nitrogens is 2. The van der Waals surface area contributed by atoms with Gasteiger partial charge in [0.2, 0.25) is 0 Å². The largest absolute Gasteiger partial charge is 0.357 e. The van der Waals surface area contributed by atoms with E-state index < -0.39 is 0 Å². The fourth-order valence-corrected chi connectivity index (χ4v) is 2.83. The van der Waals surface area contributed by atoms with Gasteiger partial charge in [-0.1, -0.05) is 0 Å². The van der Waals surface area contributed by atoms with Crippen molar-refractivity contribution in [3.8, 4) is 0 Å². The van der Waals surface area contributed by atoms with Crippen LogP contribution in [0.25, 0.3) is 0 Å². The molecule has 7 heteroatoms. The van der Waals surface area contributed by atoms with Gasteiger partial charge in [-0.25, -0.2) is 9.88 Å². The maximum absolute atomic E-state index is 11.1. The van der Waals surface area contributed by atoms with E-state index in [1.54, 1.807) is 18.3 Å². The van der Waals surface area contributed by atoms with Crippen LogP contribution in [0.4, 0.5) is 11.5 Å². The Balaban J connectivity index is 1.64. The molecule has 1 aliphatic heterocycles. The predicted molar refractivity (Wildman–Crippen MR) is 80.5 cm³/mol. The fraction of sp³-hybridized carbons (Fsp3) is 0.333. The second-order valence-electron chi connectivity index (χ2n) is 5.43. The Labute approximate surface area is 128 Å². The molecule has 0 aromatic carbocycles. The van der Waals surface area contributed by atoms with Crippen molar-refractivity contribution in [2.24, 2.45) is 0 Å². The van der Waals surface area contributed by atoms with Crippen LogP contribution < -0.4 is 14.8 Å². The molecule has 1 aliphatic rings. The number of piperazine rings is 1. The first-order valence-corrected chi connectivity index (χ1v) is 7.36. The molecule has 0 atom stereocenters. The number of H-pyrrole nitrogens is 1. The van der Waals surface area contributed by atoms with Crippen LogP contribution in [0.5, 0.6) is 0 Å². The normalized spacial score (nSPS) is 15.7. The van der Waals surface area contributed by atoms with Crippen LogP contribution >= 0.6 is 0 Å². The van der Waals surface area contributed by atoms with Crippen molar-refractivity contribution in [1.29, 1.82) is 0 Å². The van der Waals surface area contributed by atoms with E-state index in [9.17, 15) is 10.1 Å². The van der Waals surface area contributed by atoms with Crippen LogP contribution in [-0.4, -0.2) is 36.1 Å². The summed E-state index contributed by atoms with van der Waals surface area (Å²) < 4.78 is 0. The minimum atomic E-state index is -0.331. The van der Waals surface area contributed by atoms with Crippen molar-refractivity contribution in [2.45, 2.75) is 6.54 Å². The number of nitro groups is 1. The summed E-state index contributed by atoms with van der Waals surface area (Å²) in [5, 5.41) is 11.1. The Morgan fingerprint density at radius 3 is 2.68 bits per heavy atom. The summed E-state index contributed by atoms with van der Waals surface area (Å²) >= 11 is 0. The first-order chi connectivity index (χ1) is 10.7. The molecule has 0 unspecified atom stereocenters. The third kappa shape index (κ3) is 3.20. The average molecular weight is 301 g/mol. The van der Waals surface area contributed by atoms with Gasteiger partial charge in [0.1, 0.15) is 32.7 Å². The number of anilines is 1. The summed E-state index contributed by atoms with van der Waals surface area (Å²) in [4.78, 5) is 21.4. The quantitative estimate of drug-likeness (QED) is 0.622. The minimum Gasteiger partial charge on any atom is -0.325 e. The Bertz CT molecular complexity index is 641. The van der Waals surface area contributed by atoms with Gasteiger partial charge in [0.05, 0.1) is 11.1 Å². The maximum Gasteiger partial charge on any atom is 0.357 e. The van der Waals surface area contributed by atoms with Crippen LogP contribution in [0.1, 0.15) is 5.56 Å². The number of rotatable bonds is 4. The van der Waals surface area contributed by atoms with E-state index in [1.165, 1.54) is 10.5 Å². The lowest BCUT2D eigenvalue weighted by molar-refractivity contribution is -0.914. The van der Waals surface area contributed by atoms with E-state index in [0.717, 1.165) is 32.7 Å². The van der Waals surface area contributed by atoms with Crippen LogP contribution in [0, 0.1) is 10.1 Å². The number of hydrogen-bond donors (Lipinski definition) is 1. The van der Waals surface area contributed by atoms with Gasteiger partial charge in [0.25, 0.3) is 0 Å². The predicted octanol–water partition coefficient (Wildman–Crippen LogP) is -0.291. The Hall–Kier alpha value is -2.54. The van der Waals surface area contributed by atoms with Crippen LogP contribution in [0.15, 0.2) is 42.9 Å². The highest BCUT2D eigenvalue weighted by Gasteiger charge is 2.32. The lowest BCUT2D eigenvalue weighted by Gasteiger charge is -2.28. The van der Waals surface area contributed by atoms with Gasteiger partial charge in [0.15, 0.2) is 0 Å². The molecule has 1 saturated heterocycles. The standard InChI is InChI=1S/C15H17N5O2/c21-20(22)14-2-1-5-17-15(14)19-10-8-18(9-11-19)12-13-3-6-16-7-4-13/h1-7H,8-12H2/p+2. The van der Waals surface area contributed by atoms with E-state index in [2.05, 4.69) is 14.9 Å². The summed E-state index contributed by atoms with van der Waals surface area (Å²) in [6.07, 6.45) is 5.36. The zero-order valence-corrected chi connectivity index (χ0v) is 12.2. The van der Waals surface area contributed by atoms with Gasteiger partial charge in [-0.2, -0.15) is 0 Å². The van der Waals surface area contributed by atoms with E-state index >= 15 is 0 Å². The lowest BCUT2D eigenvalue weighted by Crippen LogP contribution is -3.13. The second kappa shape index (κ2) is 6.48. The highest BCUT2D eigenvalue weighted by Crippen LogP contribution is 2.21. The van der Waals surface area contributed by atoms with Crippen molar-refractivity contribution in [1.82, 2.24) is 4.98 Å². The zero-order valence-electron chi connectivity index (χ0n) is 12.2. The molecule has 0 bridgehead atoms. The maximum atomic E-state index is 11.1. The number of hydrogen-bond acceptors (Lipinski definition) is 4. The van der Waals surface area contributed by atoms with Crippen molar-refractivity contribution in [3.63, 3.8) is 0 Å². The fourth-order valence-electron chi connectivity index (χ4n) is 2.83. The highest BCUT2D eigenvalue weighted by molar-refractivity contribution is 5.53. The number of quaternary nitrogens is 1. The van der Waals surface area contributed by atoms with Crippen LogP contribution in [-0.2, 0) is 6.54 Å². The molecule has 0 saturated carbocycles. The molecule has 3 rings (SSSR count). The molecule has 2 aromatic rings. The van der Waals surface area contributed by atoms with Crippen LogP contribution in [0.2, 0.25) is 0 Å². The first-order valence-electron chi connectivity index (χ1n) is 7.36. The van der Waals surface area contributed by atoms with E-state index in [0.29, 0.717) is 5.82 Å². The van der Waals surface area contributed by atoms with Crippen molar-refractivity contribution in [2.75, 3.05) is 31.1 Å². The third-order valence-corrected chi connectivity index (χ3v) is 4.00. The molecular formula is C15H19N5O2+2. The molecular weight excluding hydrogens is 282 g/mol. The van der Waals surface area contributed by atoms with Gasteiger partial charge in [-0.15, -0.1) is 0 Å². The SMILES string of the molecule is O=[N+]([O-])c1ccc[nH+]c1N1CC[NH+](Cc2ccncc2)CC1. The molecule has 0 amide bonds. The molecule has 114 valence electrons. The number of nitrogens with zero attached hydrogens (tertiary/aromatic N) is 3. The van der Waals surface area contributed by atoms with Crippen molar-refractivity contribution >= 4 is 11.5 Å². The van der Waals surface area contributed by atoms with E-state index in [1.807, 2.05) is 24.5 Å². The molecule has 0 spiro atoms. The Morgan fingerprint density at radius 1 is 1.27 bits per heavy atom. The molecule has 0 radical (unpaired) electrons. The smallest absolute Gasteiger partial charge is 0.325 e. The summed E-state index contributed by atoms with van der Waals surface area (Å²) in [6, 6.07) is 7.28. The van der Waals surface area contributed by atoms with Gasteiger partial charge in [-0.3, -0.25) is 15.1 Å². The molecule has 22 heavy (non-hydrogen) atoms. The molecule has 2 aromatic heterocycles. The first kappa shape index (κ1) is 14.4. The van der Waals surface area contributed by atoms with Crippen molar-refractivity contribution in [3.05, 3.63) is 58.5 Å². The highest BCUT2D eigenvalue weighted by atomic mass is 16.6. The van der Waals surface area contributed by atoms with Gasteiger partial charge in [-0.05, 0) is 18.2 Å². The monoisotopic (exact) mass is 301 g/mol. The summed E-state index contributed by atoms with van der Waals surface area (Å²) in [7, 11) is 0. The zero-order chi connectivity index (χ0) is 15.4. The van der Waals surface area contributed by atoms with E-state index in [-0.39, 0.29) is 10.6 Å². The van der Waals surface area contributed by atoms with Crippen molar-refractivity contribution < 1.29 is 14.8 Å². The summed E-state index contributed by atoms with van der Waals surface area (Å²) in [6.45, 7) is 4.50. The molecule has 3 heterocycles. The average Bonchev–Trinajstić information content (AvgIpc) is 2.56. The Kier molecular flexibility index (Phi) is 4.24. The molecule has 7 nitrogen and oxygen atoms in total. The van der Waals surface area contributed by atoms with Gasteiger partial charge in [0, 0.05) is 24.0 Å². The van der Waals surface area contributed by atoms with Crippen LogP contribution in [0.3, 0.4) is 0 Å². The summed E-state index contributed by atoms with van der Waals surface area (Å²) in [5.41, 5.74) is 1.41. The molecule has 0 aliphatic carbocycles. The lowest BCUT2D eigenvalue weighted by atomic mass is 10.2. The minimum absolute atomic E-state index is 0.139.